The molecule has 0 rings (SSSR count). The Morgan fingerprint density at radius 1 is 0.600 bits per heavy atom. The quantitative estimate of drug-likeness (QED) is 0.313. The van der Waals surface area contributed by atoms with Gasteiger partial charge in [-0.3, -0.25) is 0 Å². The van der Waals surface area contributed by atoms with Crippen LogP contribution in [-0.2, 0) is 35.0 Å². The third-order valence-corrected chi connectivity index (χ3v) is 0. The topological polar surface area (TPSA) is 85.5 Å². The Morgan fingerprint density at radius 3 is 0.600 bits per heavy atom. The number of rotatable bonds is 0. The second kappa shape index (κ2) is 36.0. The molecule has 0 heterocycles. The Hall–Kier alpha value is 2.10. The van der Waals surface area contributed by atoms with E-state index in [0.29, 0.717) is 0 Å². The first-order chi connectivity index (χ1) is 0. The molecule has 0 saturated carbocycles. The van der Waals surface area contributed by atoms with Gasteiger partial charge in [-0.25, -0.2) is 0 Å². The van der Waals surface area contributed by atoms with E-state index in [1.165, 1.54) is 0 Å². The van der Waals surface area contributed by atoms with E-state index in [0.717, 1.165) is 0 Å². The molecule has 0 amide bonds. The van der Waals surface area contributed by atoms with Gasteiger partial charge in [-0.1, -0.05) is 0 Å². The first kappa shape index (κ1) is 59.9. The Bertz CT molecular complexity index is 6.85. The van der Waals surface area contributed by atoms with Crippen molar-refractivity contribution >= 4 is 0 Å². The normalized spacial score (nSPS) is 0. The molecule has 0 radical (unpaired) electrons. The number of hydrogen-bond acceptors (Lipinski definition) is 0. The monoisotopic (exact) mass is 138 g/mol. The van der Waals surface area contributed by atoms with Crippen LogP contribution in [-0.4, -0.2) is 0 Å². The summed E-state index contributed by atoms with van der Waals surface area (Å²) in [5.74, 6) is 0. The van der Waals surface area contributed by atoms with Crippen LogP contribution >= 0.6 is 0 Å². The van der Waals surface area contributed by atoms with E-state index < -0.39 is 0 Å². The zero-order valence-electron chi connectivity index (χ0n) is 2.67. The molecule has 0 aromatic heterocycles. The molecular formula is KO3V. The average Bonchev–Trinajstić information content (AvgIpc) is 0. The molecule has 0 atom stereocenters. The van der Waals surface area contributed by atoms with Gasteiger partial charge in [0, 0.05) is 0 Å². The van der Waals surface area contributed by atoms with Crippen LogP contribution in [0.1, 0.15) is 0 Å². The van der Waals surface area contributed by atoms with Gasteiger partial charge in [0.15, 0.2) is 0 Å². The van der Waals surface area contributed by atoms with E-state index in [-0.39, 0.29) is 86.4 Å². The van der Waals surface area contributed by atoms with Gasteiger partial charge in [0.25, 0.3) is 0 Å². The molecule has 0 aliphatic heterocycles. The molecule has 0 aliphatic carbocycles. The second-order valence-electron chi connectivity index (χ2n) is 0. The van der Waals surface area contributed by atoms with Crippen molar-refractivity contribution in [3.63, 3.8) is 0 Å². The third kappa shape index (κ3) is 23.2. The van der Waals surface area contributed by atoms with Gasteiger partial charge in [0.1, 0.15) is 0 Å². The summed E-state index contributed by atoms with van der Waals surface area (Å²) in [5.41, 5.74) is 0. The van der Waals surface area contributed by atoms with Crippen molar-refractivity contribution in [3.05, 3.63) is 0 Å². The fraction of sp³-hybridized carbons (Fsp3) is 0. The van der Waals surface area contributed by atoms with E-state index in [1.54, 1.807) is 0 Å². The van der Waals surface area contributed by atoms with Gasteiger partial charge in [0.2, 0.25) is 0 Å². The summed E-state index contributed by atoms with van der Waals surface area (Å²) in [6.07, 6.45) is 0. The van der Waals surface area contributed by atoms with Crippen LogP contribution in [0.2, 0.25) is 0 Å². The van der Waals surface area contributed by atoms with E-state index in [2.05, 4.69) is 0 Å². The van der Waals surface area contributed by atoms with Crippen LogP contribution in [0, 0.1) is 0 Å². The molecule has 0 saturated heterocycles. The summed E-state index contributed by atoms with van der Waals surface area (Å²) in [6.45, 7) is 0. The second-order valence-corrected chi connectivity index (χ2v) is 0. The molecule has 0 unspecified atom stereocenters. The van der Waals surface area contributed by atoms with Crippen molar-refractivity contribution in [2.45, 2.75) is 0 Å². The summed E-state index contributed by atoms with van der Waals surface area (Å²) in [6, 6.07) is 0. The summed E-state index contributed by atoms with van der Waals surface area (Å²) in [5, 5.41) is 0. The van der Waals surface area contributed by atoms with Crippen molar-refractivity contribution in [1.82, 2.24) is 0 Å². The molecular weight excluding hydrogens is 138 g/mol. The standard InChI is InChI=1S/K.3O.V/q+1;3*-2;+5. The molecule has 0 spiro atoms. The Balaban J connectivity index is 0. The maximum absolute atomic E-state index is 0. The smallest absolute Gasteiger partial charge is 2.00 e. The minimum Gasteiger partial charge on any atom is -2.00 e. The van der Waals surface area contributed by atoms with Gasteiger partial charge < -0.3 is 16.4 Å². The minimum atomic E-state index is 0. The molecule has 0 bridgehead atoms. The minimum absolute atomic E-state index is 0. The van der Waals surface area contributed by atoms with Gasteiger partial charge in [0.05, 0.1) is 0 Å². The van der Waals surface area contributed by atoms with Crippen molar-refractivity contribution < 1.29 is 86.4 Å². The maximum atomic E-state index is 0. The maximum Gasteiger partial charge on any atom is 5.00 e. The predicted molar refractivity (Wildman–Crippen MR) is 2.06 cm³/mol. The zero-order valence-corrected chi connectivity index (χ0v) is 7.19. The summed E-state index contributed by atoms with van der Waals surface area (Å²) >= 11 is 0. The van der Waals surface area contributed by atoms with Crippen molar-refractivity contribution in [2.75, 3.05) is 0 Å². The van der Waals surface area contributed by atoms with Gasteiger partial charge >= 0.3 is 69.9 Å². The van der Waals surface area contributed by atoms with Gasteiger partial charge in [-0.05, 0) is 0 Å². The summed E-state index contributed by atoms with van der Waals surface area (Å²) < 4.78 is 0. The molecule has 5 heteroatoms. The van der Waals surface area contributed by atoms with Crippen molar-refractivity contribution in [2.24, 2.45) is 0 Å². The fourth-order valence-corrected chi connectivity index (χ4v) is 0. The Kier molecular flexibility index (Phi) is 431. The zero-order chi connectivity index (χ0) is 0. The molecule has 0 fully saturated rings. The van der Waals surface area contributed by atoms with Crippen LogP contribution in [0.3, 0.4) is 0 Å². The molecule has 0 N–H and O–H groups in total. The Labute approximate surface area is 84.7 Å². The van der Waals surface area contributed by atoms with Crippen LogP contribution < -0.4 is 51.4 Å². The van der Waals surface area contributed by atoms with Crippen LogP contribution in [0.25, 0.3) is 0 Å². The molecule has 24 valence electrons. The first-order valence-electron chi connectivity index (χ1n) is 0. The average molecular weight is 138 g/mol. The molecule has 5 heavy (non-hydrogen) atoms. The summed E-state index contributed by atoms with van der Waals surface area (Å²) in [7, 11) is 0. The van der Waals surface area contributed by atoms with E-state index in [1.807, 2.05) is 0 Å². The van der Waals surface area contributed by atoms with E-state index in [4.69, 9.17) is 0 Å². The van der Waals surface area contributed by atoms with Gasteiger partial charge in [-0.2, -0.15) is 0 Å². The van der Waals surface area contributed by atoms with Crippen molar-refractivity contribution in [1.29, 1.82) is 0 Å². The van der Waals surface area contributed by atoms with Crippen LogP contribution in [0.4, 0.5) is 0 Å². The molecule has 0 aliphatic rings. The van der Waals surface area contributed by atoms with E-state index in [9.17, 15) is 0 Å². The SMILES string of the molecule is [K+].[O-2].[O-2].[O-2].[V+5]. The molecule has 0 aromatic rings. The first-order valence-corrected chi connectivity index (χ1v) is 0. The molecule has 0 aromatic carbocycles. The number of hydrogen-bond donors (Lipinski definition) is 0. The van der Waals surface area contributed by atoms with Crippen LogP contribution in [0.15, 0.2) is 0 Å². The van der Waals surface area contributed by atoms with Crippen molar-refractivity contribution in [3.8, 4) is 0 Å². The predicted octanol–water partition coefficient (Wildman–Crippen LogP) is -3.35. The van der Waals surface area contributed by atoms with Gasteiger partial charge in [-0.15, -0.1) is 0 Å². The largest absolute Gasteiger partial charge is 5.00 e. The third-order valence-electron chi connectivity index (χ3n) is 0. The molecule has 3 nitrogen and oxygen atoms in total. The van der Waals surface area contributed by atoms with E-state index >= 15 is 0 Å². The fourth-order valence-electron chi connectivity index (χ4n) is 0. The summed E-state index contributed by atoms with van der Waals surface area (Å²) in [4.78, 5) is 0. The Morgan fingerprint density at radius 2 is 0.600 bits per heavy atom. The van der Waals surface area contributed by atoms with Crippen LogP contribution in [0.5, 0.6) is 0 Å².